The zero-order chi connectivity index (χ0) is 10.8. The van der Waals surface area contributed by atoms with E-state index in [-0.39, 0.29) is 5.91 Å². The minimum absolute atomic E-state index is 0.0674. The average Bonchev–Trinajstić information content (AvgIpc) is 2.45. The predicted molar refractivity (Wildman–Crippen MR) is 61.7 cm³/mol. The Morgan fingerprint density at radius 1 is 1.64 bits per heavy atom. The van der Waals surface area contributed by atoms with Crippen LogP contribution in [0.5, 0.6) is 0 Å². The quantitative estimate of drug-likeness (QED) is 0.780. The molecular weight excluding hydrogens is 244 g/mol. The van der Waals surface area contributed by atoms with Crippen molar-refractivity contribution in [3.05, 3.63) is 0 Å². The number of nitrogens with zero attached hydrogens (tertiary/aromatic N) is 1. The third-order valence-corrected chi connectivity index (χ3v) is 3.07. The molecule has 0 aromatic heterocycles. The summed E-state index contributed by atoms with van der Waals surface area (Å²) >= 11 is 3.34. The number of hydrogen-bond donors (Lipinski definition) is 1. The predicted octanol–water partition coefficient (Wildman–Crippen LogP) is 1.37. The Morgan fingerprint density at radius 2 is 2.29 bits per heavy atom. The van der Waals surface area contributed by atoms with Gasteiger partial charge in [0.1, 0.15) is 0 Å². The molecule has 0 saturated carbocycles. The molecule has 1 saturated heterocycles. The molecule has 0 aromatic carbocycles. The van der Waals surface area contributed by atoms with Crippen LogP contribution >= 0.6 is 15.9 Å². The molecule has 0 aliphatic carbocycles. The Balaban J connectivity index is 2.30. The van der Waals surface area contributed by atoms with Gasteiger partial charge in [0, 0.05) is 12.6 Å². The first kappa shape index (κ1) is 12.0. The Kier molecular flexibility index (Phi) is 3.95. The summed E-state index contributed by atoms with van der Waals surface area (Å²) in [6, 6.07) is 0.522. The van der Waals surface area contributed by atoms with Crippen molar-refractivity contribution in [2.24, 2.45) is 0 Å². The maximum absolute atomic E-state index is 11.6. The highest BCUT2D eigenvalue weighted by atomic mass is 79.9. The third kappa shape index (κ3) is 3.24. The lowest BCUT2D eigenvalue weighted by Crippen LogP contribution is -2.44. The van der Waals surface area contributed by atoms with Crippen LogP contribution in [0.25, 0.3) is 0 Å². The van der Waals surface area contributed by atoms with Crippen molar-refractivity contribution in [3.63, 3.8) is 0 Å². The van der Waals surface area contributed by atoms with Crippen LogP contribution in [0.3, 0.4) is 0 Å². The second kappa shape index (κ2) is 4.62. The van der Waals surface area contributed by atoms with Gasteiger partial charge in [0.2, 0.25) is 5.91 Å². The number of carbonyl (C=O) groups is 1. The number of likely N-dealkylation sites (tertiary alicyclic amines) is 1. The van der Waals surface area contributed by atoms with Crippen LogP contribution in [0.1, 0.15) is 26.7 Å². The van der Waals surface area contributed by atoms with Crippen molar-refractivity contribution in [1.82, 2.24) is 10.2 Å². The molecule has 4 heteroatoms. The summed E-state index contributed by atoms with van der Waals surface area (Å²) in [7, 11) is 2.11. The highest BCUT2D eigenvalue weighted by Crippen LogP contribution is 2.17. The van der Waals surface area contributed by atoms with Crippen molar-refractivity contribution >= 4 is 21.8 Å². The number of amides is 1. The van der Waals surface area contributed by atoms with E-state index in [1.807, 2.05) is 13.8 Å². The Labute approximate surface area is 94.4 Å². The van der Waals surface area contributed by atoms with Crippen molar-refractivity contribution < 1.29 is 4.79 Å². The molecular formula is C10H19BrN2O. The average molecular weight is 263 g/mol. The van der Waals surface area contributed by atoms with E-state index in [9.17, 15) is 4.79 Å². The van der Waals surface area contributed by atoms with E-state index in [4.69, 9.17) is 0 Å². The molecule has 1 aliphatic heterocycles. The summed E-state index contributed by atoms with van der Waals surface area (Å²) in [5, 5.41) is 2.97. The van der Waals surface area contributed by atoms with E-state index in [2.05, 4.69) is 33.2 Å². The number of rotatable bonds is 3. The van der Waals surface area contributed by atoms with Gasteiger partial charge in [-0.3, -0.25) is 4.79 Å². The molecule has 1 amide bonds. The second-order valence-corrected chi connectivity index (χ2v) is 6.44. The van der Waals surface area contributed by atoms with E-state index in [0.29, 0.717) is 6.04 Å². The fraction of sp³-hybridized carbons (Fsp3) is 0.900. The number of halogens is 1. The van der Waals surface area contributed by atoms with Gasteiger partial charge in [0.05, 0.1) is 4.32 Å². The van der Waals surface area contributed by atoms with Crippen LogP contribution in [-0.2, 0) is 4.79 Å². The maximum Gasteiger partial charge on any atom is 0.236 e. The first-order valence-electron chi connectivity index (χ1n) is 5.08. The molecule has 0 aromatic rings. The van der Waals surface area contributed by atoms with Crippen molar-refractivity contribution in [1.29, 1.82) is 0 Å². The lowest BCUT2D eigenvalue weighted by Gasteiger charge is -2.22. The monoisotopic (exact) mass is 262 g/mol. The van der Waals surface area contributed by atoms with E-state index in [1.54, 1.807) is 0 Å². The standard InChI is InChI=1S/C10H19BrN2O/c1-10(2,11)9(14)12-7-8-5-4-6-13(8)3/h8H,4-7H2,1-3H3,(H,12,14). The SMILES string of the molecule is CN1CCCC1CNC(=O)C(C)(C)Br. The zero-order valence-electron chi connectivity index (χ0n) is 9.14. The van der Waals surface area contributed by atoms with Crippen molar-refractivity contribution in [3.8, 4) is 0 Å². The molecule has 1 aliphatic rings. The number of carbonyl (C=O) groups excluding carboxylic acids is 1. The summed E-state index contributed by atoms with van der Waals surface area (Å²) < 4.78 is -0.454. The van der Waals surface area contributed by atoms with Gasteiger partial charge in [0.25, 0.3) is 0 Å². The number of alkyl halides is 1. The number of hydrogen-bond acceptors (Lipinski definition) is 2. The fourth-order valence-electron chi connectivity index (χ4n) is 1.66. The van der Waals surface area contributed by atoms with Gasteiger partial charge in [-0.1, -0.05) is 15.9 Å². The molecule has 1 rings (SSSR count). The summed E-state index contributed by atoms with van der Waals surface area (Å²) in [6.45, 7) is 5.64. The lowest BCUT2D eigenvalue weighted by molar-refractivity contribution is -0.122. The molecule has 14 heavy (non-hydrogen) atoms. The fourth-order valence-corrected chi connectivity index (χ4v) is 1.80. The molecule has 0 spiro atoms. The van der Waals surface area contributed by atoms with Crippen LogP contribution in [0.2, 0.25) is 0 Å². The molecule has 1 unspecified atom stereocenters. The molecule has 82 valence electrons. The largest absolute Gasteiger partial charge is 0.353 e. The van der Waals surface area contributed by atoms with Crippen LogP contribution in [0.15, 0.2) is 0 Å². The molecule has 1 fully saturated rings. The van der Waals surface area contributed by atoms with Crippen molar-refractivity contribution in [2.45, 2.75) is 37.1 Å². The van der Waals surface area contributed by atoms with E-state index < -0.39 is 4.32 Å². The van der Waals surface area contributed by atoms with Gasteiger partial charge >= 0.3 is 0 Å². The minimum atomic E-state index is -0.454. The minimum Gasteiger partial charge on any atom is -0.353 e. The topological polar surface area (TPSA) is 32.3 Å². The Morgan fingerprint density at radius 3 is 2.71 bits per heavy atom. The van der Waals surface area contributed by atoms with Crippen LogP contribution < -0.4 is 5.32 Å². The normalized spacial score (nSPS) is 23.9. The first-order chi connectivity index (χ1) is 6.41. The van der Waals surface area contributed by atoms with Crippen LogP contribution in [0.4, 0.5) is 0 Å². The first-order valence-corrected chi connectivity index (χ1v) is 5.88. The molecule has 1 N–H and O–H groups in total. The maximum atomic E-state index is 11.6. The molecule has 0 bridgehead atoms. The van der Waals surface area contributed by atoms with Crippen LogP contribution in [0, 0.1) is 0 Å². The van der Waals surface area contributed by atoms with E-state index in [0.717, 1.165) is 13.1 Å². The smallest absolute Gasteiger partial charge is 0.236 e. The van der Waals surface area contributed by atoms with Gasteiger partial charge < -0.3 is 10.2 Å². The Bertz CT molecular complexity index is 213. The van der Waals surface area contributed by atoms with E-state index in [1.165, 1.54) is 12.8 Å². The molecule has 1 atom stereocenters. The van der Waals surface area contributed by atoms with Gasteiger partial charge in [-0.2, -0.15) is 0 Å². The molecule has 1 heterocycles. The third-order valence-electron chi connectivity index (χ3n) is 2.71. The van der Waals surface area contributed by atoms with Crippen LogP contribution in [-0.4, -0.2) is 41.3 Å². The summed E-state index contributed by atoms with van der Waals surface area (Å²) in [4.78, 5) is 13.9. The number of likely N-dealkylation sites (N-methyl/N-ethyl adjacent to an activating group) is 1. The molecule has 3 nitrogen and oxygen atoms in total. The second-order valence-electron chi connectivity index (χ2n) is 4.46. The highest BCUT2D eigenvalue weighted by Gasteiger charge is 2.26. The summed E-state index contributed by atoms with van der Waals surface area (Å²) in [6.07, 6.45) is 2.44. The van der Waals surface area contributed by atoms with Gasteiger partial charge in [-0.15, -0.1) is 0 Å². The molecule has 0 radical (unpaired) electrons. The summed E-state index contributed by atoms with van der Waals surface area (Å²) in [5.41, 5.74) is 0. The van der Waals surface area contributed by atoms with E-state index >= 15 is 0 Å². The Hall–Kier alpha value is -0.0900. The van der Waals surface area contributed by atoms with Gasteiger partial charge in [-0.05, 0) is 40.3 Å². The zero-order valence-corrected chi connectivity index (χ0v) is 10.7. The van der Waals surface area contributed by atoms with Gasteiger partial charge in [-0.25, -0.2) is 0 Å². The number of nitrogens with one attached hydrogen (secondary N) is 1. The van der Waals surface area contributed by atoms with Gasteiger partial charge in [0.15, 0.2) is 0 Å². The lowest BCUT2D eigenvalue weighted by atomic mass is 10.2. The summed E-state index contributed by atoms with van der Waals surface area (Å²) in [5.74, 6) is 0.0674. The highest BCUT2D eigenvalue weighted by molar-refractivity contribution is 9.10. The van der Waals surface area contributed by atoms with Crippen molar-refractivity contribution in [2.75, 3.05) is 20.1 Å².